The first-order valence-corrected chi connectivity index (χ1v) is 14.9. The van der Waals surface area contributed by atoms with Gasteiger partial charge in [-0.2, -0.15) is 0 Å². The number of quaternary nitrogens is 2. The molecule has 1 aromatic heterocycles. The van der Waals surface area contributed by atoms with Gasteiger partial charge in [0, 0.05) is 23.9 Å². The van der Waals surface area contributed by atoms with Crippen LogP contribution in [0.15, 0.2) is 30.3 Å². The second-order valence-corrected chi connectivity index (χ2v) is 12.8. The molecule has 0 radical (unpaired) electrons. The molecule has 5 nitrogen and oxygen atoms in total. The van der Waals surface area contributed by atoms with Gasteiger partial charge in [0.25, 0.3) is 0 Å². The number of hydrogen-bond acceptors (Lipinski definition) is 3. The highest BCUT2D eigenvalue weighted by Crippen LogP contribution is 2.45. The van der Waals surface area contributed by atoms with Crippen LogP contribution >= 0.6 is 11.3 Å². The summed E-state index contributed by atoms with van der Waals surface area (Å²) in [6, 6.07) is 11.5. The zero-order chi connectivity index (χ0) is 23.8. The largest absolute Gasteiger partial charge is 0.345 e. The fourth-order valence-electron chi connectivity index (χ4n) is 7.91. The second-order valence-electron chi connectivity index (χ2n) is 11.6. The van der Waals surface area contributed by atoms with E-state index in [9.17, 15) is 4.79 Å². The molecule has 0 bridgehead atoms. The highest BCUT2D eigenvalue weighted by atomic mass is 32.1. The number of benzene rings is 1. The SMILES string of the molecule is Cc1nc2c(s1)[C@]1(CC[NH2+]C2)C[NH2+]C[C@H]1C(=O)N1CC[C@@H](c2ccccc2)C[C@H]1C1CCCCC1. The third-order valence-corrected chi connectivity index (χ3v) is 10.9. The first kappa shape index (κ1) is 23.6. The molecule has 1 saturated carbocycles. The van der Waals surface area contributed by atoms with Gasteiger partial charge in [0.05, 0.1) is 30.1 Å². The maximum atomic E-state index is 14.6. The number of piperidine rings is 1. The minimum absolute atomic E-state index is 0.0290. The number of hydrogen-bond donors (Lipinski definition) is 2. The van der Waals surface area contributed by atoms with E-state index in [1.54, 1.807) is 0 Å². The Balaban J connectivity index is 1.31. The van der Waals surface area contributed by atoms with E-state index >= 15 is 0 Å². The van der Waals surface area contributed by atoms with Crippen molar-refractivity contribution in [1.82, 2.24) is 9.88 Å². The summed E-state index contributed by atoms with van der Waals surface area (Å²) in [6.45, 7) is 7.10. The number of fused-ring (bicyclic) bond motifs is 2. The van der Waals surface area contributed by atoms with Crippen molar-refractivity contribution in [2.24, 2.45) is 11.8 Å². The van der Waals surface area contributed by atoms with Crippen LogP contribution in [-0.2, 0) is 16.8 Å². The molecule has 1 amide bonds. The van der Waals surface area contributed by atoms with E-state index in [1.807, 2.05) is 11.3 Å². The number of thiazole rings is 1. The Morgan fingerprint density at radius 3 is 2.77 bits per heavy atom. The number of carbonyl (C=O) groups excluding carboxylic acids is 1. The van der Waals surface area contributed by atoms with E-state index in [2.05, 4.69) is 52.8 Å². The molecule has 3 fully saturated rings. The van der Waals surface area contributed by atoms with Gasteiger partial charge < -0.3 is 15.5 Å². The number of amides is 1. The molecule has 2 aromatic rings. The number of aryl methyl sites for hydroxylation is 1. The molecule has 0 unspecified atom stereocenters. The smallest absolute Gasteiger partial charge is 0.232 e. The first-order chi connectivity index (χ1) is 17.2. The minimum Gasteiger partial charge on any atom is -0.345 e. The summed E-state index contributed by atoms with van der Waals surface area (Å²) in [6.07, 6.45) is 9.96. The lowest BCUT2D eigenvalue weighted by atomic mass is 9.71. The van der Waals surface area contributed by atoms with Crippen molar-refractivity contribution < 1.29 is 15.4 Å². The van der Waals surface area contributed by atoms with E-state index in [0.29, 0.717) is 23.8 Å². The van der Waals surface area contributed by atoms with Crippen molar-refractivity contribution in [3.8, 4) is 0 Å². The van der Waals surface area contributed by atoms with Crippen LogP contribution in [0, 0.1) is 18.8 Å². The van der Waals surface area contributed by atoms with Crippen LogP contribution < -0.4 is 10.6 Å². The van der Waals surface area contributed by atoms with Gasteiger partial charge >= 0.3 is 0 Å². The molecule has 4 heterocycles. The molecule has 4 N–H and O–H groups in total. The molecule has 1 aliphatic carbocycles. The maximum Gasteiger partial charge on any atom is 0.232 e. The lowest BCUT2D eigenvalue weighted by Gasteiger charge is -2.46. The van der Waals surface area contributed by atoms with Crippen molar-refractivity contribution >= 4 is 17.2 Å². The van der Waals surface area contributed by atoms with E-state index in [-0.39, 0.29) is 11.3 Å². The molecule has 4 atom stereocenters. The quantitative estimate of drug-likeness (QED) is 0.689. The van der Waals surface area contributed by atoms with Crippen LogP contribution in [0.2, 0.25) is 0 Å². The van der Waals surface area contributed by atoms with Gasteiger partial charge in [-0.25, -0.2) is 4.98 Å². The highest BCUT2D eigenvalue weighted by molar-refractivity contribution is 7.11. The number of carbonyl (C=O) groups is 1. The number of nitrogens with two attached hydrogens (primary N) is 2. The highest BCUT2D eigenvalue weighted by Gasteiger charge is 2.56. The predicted molar refractivity (Wildman–Crippen MR) is 139 cm³/mol. The van der Waals surface area contributed by atoms with E-state index in [0.717, 1.165) is 57.0 Å². The standard InChI is InChI=1S/C29H40N4OS/c1-20-32-25-18-30-14-13-29(27(25)35-20)19-31-17-24(29)28(34)33-15-12-23(21-8-4-2-5-9-21)16-26(33)22-10-6-3-7-11-22/h2,4-5,8-9,22-24,26,30-31H,3,6-7,10-19H2,1H3/p+2/t23-,24+,26+,29-/m1/s1. The molecular formula is C29H42N4OS+2. The summed E-state index contributed by atoms with van der Waals surface area (Å²) in [5.41, 5.74) is 2.69. The Morgan fingerprint density at radius 2 is 1.94 bits per heavy atom. The number of rotatable bonds is 3. The topological polar surface area (TPSA) is 66.4 Å². The first-order valence-electron chi connectivity index (χ1n) is 14.1. The third-order valence-electron chi connectivity index (χ3n) is 9.66. The molecule has 6 heteroatoms. The summed E-state index contributed by atoms with van der Waals surface area (Å²) < 4.78 is 0. The van der Waals surface area contributed by atoms with Crippen LogP contribution in [0.1, 0.15) is 78.4 Å². The molecular weight excluding hydrogens is 452 g/mol. The minimum atomic E-state index is -0.0290. The molecule has 3 aliphatic heterocycles. The Morgan fingerprint density at radius 1 is 1.11 bits per heavy atom. The fourth-order valence-corrected chi connectivity index (χ4v) is 9.14. The van der Waals surface area contributed by atoms with Crippen molar-refractivity contribution in [3.05, 3.63) is 51.5 Å². The zero-order valence-corrected chi connectivity index (χ0v) is 22.1. The van der Waals surface area contributed by atoms with Gasteiger partial charge in [0.15, 0.2) is 0 Å². The van der Waals surface area contributed by atoms with Gasteiger partial charge in [-0.05, 0) is 50.0 Å². The Bertz CT molecular complexity index is 1030. The molecule has 4 aliphatic rings. The van der Waals surface area contributed by atoms with Crippen LogP contribution in [-0.4, -0.2) is 48.0 Å². The van der Waals surface area contributed by atoms with Crippen molar-refractivity contribution in [2.45, 2.75) is 82.2 Å². The van der Waals surface area contributed by atoms with Gasteiger partial charge in [-0.1, -0.05) is 49.6 Å². The zero-order valence-electron chi connectivity index (χ0n) is 21.3. The number of likely N-dealkylation sites (tertiary alicyclic amines) is 1. The average Bonchev–Trinajstić information content (AvgIpc) is 3.46. The molecule has 35 heavy (non-hydrogen) atoms. The van der Waals surface area contributed by atoms with Crippen molar-refractivity contribution in [1.29, 1.82) is 0 Å². The number of nitrogens with zero attached hydrogens (tertiary/aromatic N) is 2. The summed E-state index contributed by atoms with van der Waals surface area (Å²) in [7, 11) is 0. The van der Waals surface area contributed by atoms with Gasteiger partial charge in [0.1, 0.15) is 18.2 Å². The Hall–Kier alpha value is -1.76. The van der Waals surface area contributed by atoms with Crippen molar-refractivity contribution in [2.75, 3.05) is 26.2 Å². The van der Waals surface area contributed by atoms with Crippen LogP contribution in [0.4, 0.5) is 0 Å². The lowest BCUT2D eigenvalue weighted by Crippen LogP contribution is -2.83. The molecule has 2 saturated heterocycles. The van der Waals surface area contributed by atoms with Gasteiger partial charge in [-0.3, -0.25) is 4.79 Å². The fraction of sp³-hybridized carbons (Fsp3) is 0.655. The van der Waals surface area contributed by atoms with Crippen molar-refractivity contribution in [3.63, 3.8) is 0 Å². The monoisotopic (exact) mass is 494 g/mol. The summed E-state index contributed by atoms with van der Waals surface area (Å²) in [5.74, 6) is 1.80. The Kier molecular flexibility index (Phi) is 6.72. The normalized spacial score (nSPS) is 31.9. The molecule has 6 rings (SSSR count). The predicted octanol–water partition coefficient (Wildman–Crippen LogP) is 2.70. The van der Waals surface area contributed by atoms with Crippen LogP contribution in [0.25, 0.3) is 0 Å². The van der Waals surface area contributed by atoms with E-state index in [1.165, 1.54) is 48.2 Å². The van der Waals surface area contributed by atoms with Crippen LogP contribution in [0.3, 0.4) is 0 Å². The second kappa shape index (κ2) is 9.95. The third kappa shape index (κ3) is 4.36. The molecule has 1 aromatic carbocycles. The maximum absolute atomic E-state index is 14.6. The summed E-state index contributed by atoms with van der Waals surface area (Å²) in [4.78, 5) is 23.3. The van der Waals surface area contributed by atoms with Gasteiger partial charge in [-0.15, -0.1) is 11.3 Å². The van der Waals surface area contributed by atoms with Crippen LogP contribution in [0.5, 0.6) is 0 Å². The molecule has 188 valence electrons. The van der Waals surface area contributed by atoms with E-state index in [4.69, 9.17) is 4.98 Å². The van der Waals surface area contributed by atoms with Gasteiger partial charge in [0.2, 0.25) is 5.91 Å². The summed E-state index contributed by atoms with van der Waals surface area (Å²) >= 11 is 1.87. The van der Waals surface area contributed by atoms with E-state index < -0.39 is 0 Å². The summed E-state index contributed by atoms with van der Waals surface area (Å²) in [5, 5.41) is 5.99. The Labute approximate surface area is 214 Å². The lowest BCUT2D eigenvalue weighted by molar-refractivity contribution is -0.672. The molecule has 1 spiro atoms. The number of aromatic nitrogens is 1. The average molecular weight is 495 g/mol.